The minimum Gasteiger partial charge on any atom is -0.481 e. The Morgan fingerprint density at radius 3 is 2.77 bits per heavy atom. The van der Waals surface area contributed by atoms with E-state index in [4.69, 9.17) is 10.5 Å². The molecule has 5 nitrogen and oxygen atoms in total. The number of rotatable bonds is 4. The van der Waals surface area contributed by atoms with Gasteiger partial charge in [0.1, 0.15) is 12.2 Å². The normalized spacial score (nSPS) is 16.1. The number of methoxy groups -OCH3 is 1. The van der Waals surface area contributed by atoms with Crippen LogP contribution in [0.4, 0.5) is 8.78 Å². The molecule has 1 saturated heterocycles. The number of ether oxygens (including phenoxy) is 1. The Morgan fingerprint density at radius 1 is 1.45 bits per heavy atom. The van der Waals surface area contributed by atoms with Crippen LogP contribution in [-0.2, 0) is 5.92 Å². The molecule has 0 atom stereocenters. The summed E-state index contributed by atoms with van der Waals surface area (Å²) in [4.78, 5) is 9.41. The molecule has 0 radical (unpaired) electrons. The van der Waals surface area contributed by atoms with E-state index in [9.17, 15) is 8.78 Å². The third-order valence-electron chi connectivity index (χ3n) is 3.08. The van der Waals surface area contributed by atoms with E-state index in [1.54, 1.807) is 0 Å². The summed E-state index contributed by atoms with van der Waals surface area (Å²) >= 11 is 1.82. The number of aliphatic imine (C=N–C) groups is 1. The lowest BCUT2D eigenvalue weighted by Gasteiger charge is -2.27. The third-order valence-corrected chi connectivity index (χ3v) is 4.02. The number of pyridine rings is 1. The number of halogens is 3. The molecule has 124 valence electrons. The zero-order chi connectivity index (χ0) is 15.3. The van der Waals surface area contributed by atoms with Gasteiger partial charge in [0.2, 0.25) is 5.88 Å². The highest BCUT2D eigenvalue weighted by molar-refractivity contribution is 14.0. The number of hydrogen-bond acceptors (Lipinski definition) is 4. The number of alkyl halides is 2. The summed E-state index contributed by atoms with van der Waals surface area (Å²) in [6.45, 7) is 0.759. The van der Waals surface area contributed by atoms with Gasteiger partial charge in [0.15, 0.2) is 5.96 Å². The molecule has 0 aliphatic carbocycles. The fraction of sp³-hybridized carbons (Fsp3) is 0.538. The average molecular weight is 444 g/mol. The first kappa shape index (κ1) is 19.2. The molecule has 2 rings (SSSR count). The summed E-state index contributed by atoms with van der Waals surface area (Å²) in [5, 5.41) is 0. The van der Waals surface area contributed by atoms with E-state index in [0.717, 1.165) is 24.6 Å². The van der Waals surface area contributed by atoms with Crippen LogP contribution in [0.5, 0.6) is 5.88 Å². The van der Waals surface area contributed by atoms with Gasteiger partial charge in [-0.1, -0.05) is 6.07 Å². The highest BCUT2D eigenvalue weighted by Crippen LogP contribution is 2.28. The maximum Gasteiger partial charge on any atom is 0.309 e. The lowest BCUT2D eigenvalue weighted by molar-refractivity contribution is 0.00121. The summed E-state index contributed by atoms with van der Waals surface area (Å²) < 4.78 is 33.0. The Morgan fingerprint density at radius 2 is 2.14 bits per heavy atom. The van der Waals surface area contributed by atoms with E-state index >= 15 is 0 Å². The van der Waals surface area contributed by atoms with Gasteiger partial charge in [-0.3, -0.25) is 0 Å². The van der Waals surface area contributed by atoms with Gasteiger partial charge in [0.25, 0.3) is 0 Å². The number of thioether (sulfide) groups is 1. The Hall–Kier alpha value is -0.840. The first-order chi connectivity index (χ1) is 10.0. The van der Waals surface area contributed by atoms with E-state index < -0.39 is 12.5 Å². The first-order valence-electron chi connectivity index (χ1n) is 6.55. The van der Waals surface area contributed by atoms with Crippen LogP contribution in [0.15, 0.2) is 23.2 Å². The van der Waals surface area contributed by atoms with E-state index in [-0.39, 0.29) is 41.5 Å². The van der Waals surface area contributed by atoms with Crippen molar-refractivity contribution in [1.82, 2.24) is 9.88 Å². The van der Waals surface area contributed by atoms with Crippen molar-refractivity contribution in [1.29, 1.82) is 0 Å². The predicted molar refractivity (Wildman–Crippen MR) is 95.5 cm³/mol. The first-order valence-corrected chi connectivity index (χ1v) is 7.70. The van der Waals surface area contributed by atoms with Crippen molar-refractivity contribution >= 4 is 41.7 Å². The Labute approximate surface area is 149 Å². The van der Waals surface area contributed by atoms with Gasteiger partial charge < -0.3 is 15.4 Å². The highest BCUT2D eigenvalue weighted by Gasteiger charge is 2.33. The van der Waals surface area contributed by atoms with Crippen molar-refractivity contribution in [3.63, 3.8) is 0 Å². The van der Waals surface area contributed by atoms with Crippen molar-refractivity contribution in [2.24, 2.45) is 10.7 Å². The molecule has 0 amide bonds. The zero-order valence-electron chi connectivity index (χ0n) is 12.2. The van der Waals surface area contributed by atoms with Crippen molar-refractivity contribution in [2.75, 3.05) is 38.2 Å². The smallest absolute Gasteiger partial charge is 0.309 e. The number of nitrogens with zero attached hydrogens (tertiary/aromatic N) is 3. The molecule has 1 fully saturated rings. The molecular weight excluding hydrogens is 425 g/mol. The van der Waals surface area contributed by atoms with Gasteiger partial charge in [-0.15, -0.1) is 24.0 Å². The molecule has 1 aliphatic rings. The fourth-order valence-corrected chi connectivity index (χ4v) is 2.79. The maximum atomic E-state index is 14.1. The van der Waals surface area contributed by atoms with Crippen molar-refractivity contribution in [3.8, 4) is 5.88 Å². The van der Waals surface area contributed by atoms with Gasteiger partial charge in [-0.2, -0.15) is 20.5 Å². The largest absolute Gasteiger partial charge is 0.481 e. The summed E-state index contributed by atoms with van der Waals surface area (Å²) in [6, 6.07) is 4.25. The van der Waals surface area contributed by atoms with Crippen LogP contribution in [0.2, 0.25) is 0 Å². The summed E-state index contributed by atoms with van der Waals surface area (Å²) in [5.41, 5.74) is 5.41. The molecule has 0 spiro atoms. The van der Waals surface area contributed by atoms with E-state index in [0.29, 0.717) is 0 Å². The minimum atomic E-state index is -3.18. The van der Waals surface area contributed by atoms with Crippen LogP contribution in [-0.4, -0.2) is 54.1 Å². The Kier molecular flexibility index (Phi) is 7.60. The third kappa shape index (κ3) is 5.11. The molecule has 22 heavy (non-hydrogen) atoms. The van der Waals surface area contributed by atoms with Gasteiger partial charge >= 0.3 is 5.92 Å². The molecule has 1 aliphatic heterocycles. The van der Waals surface area contributed by atoms with E-state index in [1.807, 2.05) is 16.7 Å². The van der Waals surface area contributed by atoms with Crippen molar-refractivity contribution < 1.29 is 13.5 Å². The second-order valence-corrected chi connectivity index (χ2v) is 5.77. The Bertz CT molecular complexity index is 513. The fourth-order valence-electron chi connectivity index (χ4n) is 1.89. The molecule has 0 unspecified atom stereocenters. The quantitative estimate of drug-likeness (QED) is 0.438. The predicted octanol–water partition coefficient (Wildman–Crippen LogP) is 2.16. The molecule has 2 N–H and O–H groups in total. The van der Waals surface area contributed by atoms with Crippen LogP contribution < -0.4 is 10.5 Å². The topological polar surface area (TPSA) is 63.7 Å². The van der Waals surface area contributed by atoms with E-state index in [2.05, 4.69) is 9.98 Å². The molecular formula is C13H19F2IN4OS. The summed E-state index contributed by atoms with van der Waals surface area (Å²) in [7, 11) is 1.38. The van der Waals surface area contributed by atoms with E-state index in [1.165, 1.54) is 25.3 Å². The van der Waals surface area contributed by atoms with Gasteiger partial charge in [0, 0.05) is 30.7 Å². The molecule has 0 saturated carbocycles. The molecule has 0 bridgehead atoms. The monoisotopic (exact) mass is 444 g/mol. The lowest BCUT2D eigenvalue weighted by Crippen LogP contribution is -2.43. The van der Waals surface area contributed by atoms with Crippen LogP contribution >= 0.6 is 35.7 Å². The van der Waals surface area contributed by atoms with Crippen LogP contribution in [0.1, 0.15) is 5.69 Å². The summed E-state index contributed by atoms with van der Waals surface area (Å²) in [6.07, 6.45) is 0. The second kappa shape index (κ2) is 8.70. The molecule has 2 heterocycles. The molecule has 0 aromatic carbocycles. The van der Waals surface area contributed by atoms with Gasteiger partial charge in [0.05, 0.1) is 7.11 Å². The number of nitrogens with two attached hydrogens (primary N) is 1. The summed E-state index contributed by atoms with van der Waals surface area (Å²) in [5.74, 6) is -0.993. The van der Waals surface area contributed by atoms with Crippen molar-refractivity contribution in [3.05, 3.63) is 23.9 Å². The minimum absolute atomic E-state index is 0. The average Bonchev–Trinajstić information content (AvgIpc) is 2.53. The standard InChI is InChI=1S/C13H18F2N4OS.HI/c1-20-11-4-2-3-10(18-11)13(14,15)9-17-12(16)19-5-7-21-8-6-19;/h2-4H,5-9H2,1H3,(H2,16,17);1H. The van der Waals surface area contributed by atoms with Crippen LogP contribution in [0.25, 0.3) is 0 Å². The molecule has 1 aromatic heterocycles. The molecule has 1 aromatic rings. The van der Waals surface area contributed by atoms with Crippen LogP contribution in [0, 0.1) is 0 Å². The highest BCUT2D eigenvalue weighted by atomic mass is 127. The van der Waals surface area contributed by atoms with Gasteiger partial charge in [-0.25, -0.2) is 9.98 Å². The SMILES string of the molecule is COc1cccc(C(F)(F)CN=C(N)N2CCSCC2)n1.I. The van der Waals surface area contributed by atoms with Gasteiger partial charge in [-0.05, 0) is 6.07 Å². The van der Waals surface area contributed by atoms with Crippen LogP contribution in [0.3, 0.4) is 0 Å². The Balaban J connectivity index is 0.00000242. The second-order valence-electron chi connectivity index (χ2n) is 4.54. The number of hydrogen-bond donors (Lipinski definition) is 1. The number of guanidine groups is 1. The lowest BCUT2D eigenvalue weighted by atomic mass is 10.2. The van der Waals surface area contributed by atoms with Crippen molar-refractivity contribution in [2.45, 2.75) is 5.92 Å². The zero-order valence-corrected chi connectivity index (χ0v) is 15.3. The number of aromatic nitrogens is 1. The molecule has 9 heteroatoms. The maximum absolute atomic E-state index is 14.1.